The lowest BCUT2D eigenvalue weighted by molar-refractivity contribution is -0.126. The zero-order valence-corrected chi connectivity index (χ0v) is 21.0. The molecule has 0 spiro atoms. The van der Waals surface area contributed by atoms with Crippen LogP contribution in [0.2, 0.25) is 0 Å². The molecule has 0 unspecified atom stereocenters. The lowest BCUT2D eigenvalue weighted by Gasteiger charge is -2.24. The Morgan fingerprint density at radius 1 is 0.921 bits per heavy atom. The van der Waals surface area contributed by atoms with Crippen LogP contribution in [-0.4, -0.2) is 28.8 Å². The van der Waals surface area contributed by atoms with E-state index < -0.39 is 24.1 Å². The normalized spacial score (nSPS) is 16.7. The molecule has 9 heteroatoms. The predicted octanol–water partition coefficient (Wildman–Crippen LogP) is 5.52. The van der Waals surface area contributed by atoms with Crippen LogP contribution in [0.5, 0.6) is 0 Å². The maximum absolute atomic E-state index is 13.5. The van der Waals surface area contributed by atoms with E-state index in [9.17, 15) is 18.8 Å². The van der Waals surface area contributed by atoms with E-state index in [-0.39, 0.29) is 24.8 Å². The van der Waals surface area contributed by atoms with E-state index in [0.29, 0.717) is 16.1 Å². The summed E-state index contributed by atoms with van der Waals surface area (Å²) in [5.41, 5.74) is 2.65. The summed E-state index contributed by atoms with van der Waals surface area (Å²) >= 11 is 1.33. The summed E-state index contributed by atoms with van der Waals surface area (Å²) in [5, 5.41) is 7.53. The van der Waals surface area contributed by atoms with E-state index in [2.05, 4.69) is 10.6 Å². The van der Waals surface area contributed by atoms with E-state index >= 15 is 0 Å². The lowest BCUT2D eigenvalue weighted by Crippen LogP contribution is -2.46. The van der Waals surface area contributed by atoms with Gasteiger partial charge in [-0.05, 0) is 52.4 Å². The van der Waals surface area contributed by atoms with Gasteiger partial charge in [-0.1, -0.05) is 60.7 Å². The van der Waals surface area contributed by atoms with Crippen molar-refractivity contribution in [2.45, 2.75) is 25.2 Å². The quantitative estimate of drug-likeness (QED) is 0.315. The zero-order valence-electron chi connectivity index (χ0n) is 20.2. The highest BCUT2D eigenvalue weighted by Crippen LogP contribution is 2.35. The molecule has 0 bridgehead atoms. The Bertz CT molecular complexity index is 1430. The number of anilines is 1. The molecule has 192 valence electrons. The third kappa shape index (κ3) is 5.73. The average molecular weight is 530 g/mol. The van der Waals surface area contributed by atoms with Crippen LogP contribution in [0.4, 0.5) is 14.9 Å². The molecule has 1 aliphatic heterocycles. The molecule has 3 aromatic carbocycles. The van der Waals surface area contributed by atoms with E-state index in [0.717, 1.165) is 11.1 Å². The smallest absolute Gasteiger partial charge is 0.411 e. The summed E-state index contributed by atoms with van der Waals surface area (Å²) in [6.07, 6.45) is -1.52. The maximum Gasteiger partial charge on any atom is 0.411 e. The molecule has 2 heterocycles. The molecule has 0 aliphatic carbocycles. The van der Waals surface area contributed by atoms with E-state index in [4.69, 9.17) is 4.74 Å². The van der Waals surface area contributed by atoms with Crippen LogP contribution in [-0.2, 0) is 22.6 Å². The molecule has 1 fully saturated rings. The number of cyclic esters (lactones) is 1. The summed E-state index contributed by atoms with van der Waals surface area (Å²) in [5.74, 6) is -1.02. The second-order valence-electron chi connectivity index (χ2n) is 8.76. The fourth-order valence-electron chi connectivity index (χ4n) is 4.28. The highest BCUT2D eigenvalue weighted by molar-refractivity contribution is 7.12. The fraction of sp³-hybridized carbons (Fsp3) is 0.138. The minimum atomic E-state index is -0.966. The number of nitrogens with zero attached hydrogens (tertiary/aromatic N) is 1. The number of rotatable bonds is 8. The first-order valence-corrected chi connectivity index (χ1v) is 12.8. The minimum Gasteiger partial charge on any atom is -0.438 e. The number of benzene rings is 3. The average Bonchev–Trinajstić information content (AvgIpc) is 3.58. The van der Waals surface area contributed by atoms with Gasteiger partial charge < -0.3 is 15.4 Å². The van der Waals surface area contributed by atoms with Crippen molar-refractivity contribution in [3.05, 3.63) is 124 Å². The van der Waals surface area contributed by atoms with Crippen molar-refractivity contribution in [2.75, 3.05) is 5.32 Å². The molecule has 1 aliphatic rings. The van der Waals surface area contributed by atoms with Gasteiger partial charge in [0.2, 0.25) is 5.91 Å². The molecular weight excluding hydrogens is 505 g/mol. The number of carbonyl (C=O) groups is 3. The Kier molecular flexibility index (Phi) is 7.46. The number of ether oxygens (including phenoxy) is 1. The first kappa shape index (κ1) is 25.2. The van der Waals surface area contributed by atoms with Crippen LogP contribution in [0, 0.1) is 5.82 Å². The Morgan fingerprint density at radius 2 is 1.71 bits per heavy atom. The molecule has 2 N–H and O–H groups in total. The van der Waals surface area contributed by atoms with Crippen molar-refractivity contribution < 1.29 is 23.5 Å². The Balaban J connectivity index is 1.40. The fourth-order valence-corrected chi connectivity index (χ4v) is 4.90. The summed E-state index contributed by atoms with van der Waals surface area (Å²) in [6, 6.07) is 24.6. The second-order valence-corrected chi connectivity index (χ2v) is 9.71. The predicted molar refractivity (Wildman–Crippen MR) is 142 cm³/mol. The van der Waals surface area contributed by atoms with Gasteiger partial charge in [-0.2, -0.15) is 0 Å². The molecule has 5 rings (SSSR count). The molecule has 7 nitrogen and oxygen atoms in total. The topological polar surface area (TPSA) is 87.7 Å². The number of thiophene rings is 1. The monoisotopic (exact) mass is 529 g/mol. The van der Waals surface area contributed by atoms with Crippen molar-refractivity contribution in [1.82, 2.24) is 10.2 Å². The number of halogens is 1. The van der Waals surface area contributed by atoms with Gasteiger partial charge >= 0.3 is 6.09 Å². The maximum atomic E-state index is 13.5. The van der Waals surface area contributed by atoms with E-state index in [1.54, 1.807) is 48.5 Å². The van der Waals surface area contributed by atoms with Gasteiger partial charge in [0.25, 0.3) is 5.91 Å². The number of hydrogen-bond acceptors (Lipinski definition) is 5. The third-order valence-electron chi connectivity index (χ3n) is 6.15. The van der Waals surface area contributed by atoms with Crippen molar-refractivity contribution in [3.63, 3.8) is 0 Å². The molecular formula is C29H24FN3O4S. The molecule has 1 saturated heterocycles. The van der Waals surface area contributed by atoms with Crippen molar-refractivity contribution >= 4 is 34.9 Å². The Morgan fingerprint density at radius 3 is 2.45 bits per heavy atom. The van der Waals surface area contributed by atoms with Crippen LogP contribution in [0.15, 0.2) is 96.4 Å². The first-order chi connectivity index (χ1) is 18.5. The Labute approximate surface area is 222 Å². The standard InChI is InChI=1S/C29H24FN3O4S/c30-22-13-11-19(12-14-22)17-31-28(35)25-26(37-29(36)33(25)18-20-6-2-1-3-7-20)21-8-4-9-23(16-21)32-27(34)24-10-5-15-38-24/h1-16,25-26H,17-18H2,(H,31,35)(H,32,34)/t25-,26+/m0/s1. The SMILES string of the molecule is O=C(Nc1cccc([C@H]2OC(=O)N(Cc3ccccc3)[C@@H]2C(=O)NCc2ccc(F)cc2)c1)c1cccs1. The highest BCUT2D eigenvalue weighted by Gasteiger charge is 2.47. The van der Waals surface area contributed by atoms with Crippen LogP contribution in [0.1, 0.15) is 32.5 Å². The molecule has 0 radical (unpaired) electrons. The minimum absolute atomic E-state index is 0.159. The molecule has 3 amide bonds. The molecule has 2 atom stereocenters. The number of amides is 3. The van der Waals surface area contributed by atoms with Crippen molar-refractivity contribution in [3.8, 4) is 0 Å². The Hall–Kier alpha value is -4.50. The molecule has 4 aromatic rings. The van der Waals surface area contributed by atoms with Crippen molar-refractivity contribution in [1.29, 1.82) is 0 Å². The van der Waals surface area contributed by atoms with Gasteiger partial charge in [-0.3, -0.25) is 14.5 Å². The third-order valence-corrected chi connectivity index (χ3v) is 7.02. The summed E-state index contributed by atoms with van der Waals surface area (Å²) in [6.45, 7) is 0.340. The lowest BCUT2D eigenvalue weighted by atomic mass is 10.00. The van der Waals surface area contributed by atoms with Crippen LogP contribution in [0.3, 0.4) is 0 Å². The van der Waals surface area contributed by atoms with Crippen LogP contribution >= 0.6 is 11.3 Å². The van der Waals surface area contributed by atoms with Crippen LogP contribution in [0.25, 0.3) is 0 Å². The molecule has 0 saturated carbocycles. The largest absolute Gasteiger partial charge is 0.438 e. The summed E-state index contributed by atoms with van der Waals surface area (Å²) in [4.78, 5) is 41.0. The van der Waals surface area contributed by atoms with E-state index in [1.807, 2.05) is 35.7 Å². The van der Waals surface area contributed by atoms with Gasteiger partial charge in [-0.15, -0.1) is 11.3 Å². The summed E-state index contributed by atoms with van der Waals surface area (Å²) in [7, 11) is 0. The van der Waals surface area contributed by atoms with Gasteiger partial charge in [0.15, 0.2) is 12.1 Å². The molecule has 38 heavy (non-hydrogen) atoms. The van der Waals surface area contributed by atoms with Gasteiger partial charge in [0.05, 0.1) is 11.4 Å². The van der Waals surface area contributed by atoms with Crippen molar-refractivity contribution in [2.24, 2.45) is 0 Å². The number of hydrogen-bond donors (Lipinski definition) is 2. The number of nitrogens with one attached hydrogen (secondary N) is 2. The van der Waals surface area contributed by atoms with E-state index in [1.165, 1.54) is 28.4 Å². The zero-order chi connectivity index (χ0) is 26.5. The molecule has 1 aromatic heterocycles. The van der Waals surface area contributed by atoms with Gasteiger partial charge in [-0.25, -0.2) is 9.18 Å². The van der Waals surface area contributed by atoms with Crippen LogP contribution < -0.4 is 10.6 Å². The second kappa shape index (κ2) is 11.3. The summed E-state index contributed by atoms with van der Waals surface area (Å²) < 4.78 is 19.0. The van der Waals surface area contributed by atoms with Gasteiger partial charge in [0, 0.05) is 12.2 Å². The number of carbonyl (C=O) groups excluding carboxylic acids is 3. The first-order valence-electron chi connectivity index (χ1n) is 12.0. The highest BCUT2D eigenvalue weighted by atomic mass is 32.1. The van der Waals surface area contributed by atoms with Gasteiger partial charge in [0.1, 0.15) is 5.82 Å².